The van der Waals surface area contributed by atoms with Gasteiger partial charge in [0, 0.05) is 26.1 Å². The van der Waals surface area contributed by atoms with Crippen molar-refractivity contribution >= 4 is 22.8 Å². The highest BCUT2D eigenvalue weighted by Gasteiger charge is 2.19. The molecule has 0 unspecified atom stereocenters. The highest BCUT2D eigenvalue weighted by Crippen LogP contribution is 2.18. The highest BCUT2D eigenvalue weighted by atomic mass is 16.2. The van der Waals surface area contributed by atoms with Gasteiger partial charge in [-0.1, -0.05) is 42.5 Å². The number of hydrogen-bond donors (Lipinski definition) is 1. The first-order valence-electron chi connectivity index (χ1n) is 10.7. The van der Waals surface area contributed by atoms with Gasteiger partial charge >= 0.3 is 0 Å². The molecule has 0 bridgehead atoms. The Hall–Kier alpha value is -3.15. The minimum atomic E-state index is -0.00625. The molecule has 0 atom stereocenters. The second kappa shape index (κ2) is 9.57. The van der Waals surface area contributed by atoms with Crippen molar-refractivity contribution in [1.82, 2.24) is 19.8 Å². The topological polar surface area (TPSA) is 67.2 Å². The number of imidazole rings is 1. The molecule has 1 saturated heterocycles. The number of nitrogens with zero attached hydrogens (tertiary/aromatic N) is 3. The Labute approximate surface area is 176 Å². The maximum absolute atomic E-state index is 12.9. The summed E-state index contributed by atoms with van der Waals surface area (Å²) in [4.78, 5) is 31.8. The number of para-hydroxylation sites is 2. The third kappa shape index (κ3) is 4.87. The van der Waals surface area contributed by atoms with Crippen molar-refractivity contribution < 1.29 is 9.59 Å². The van der Waals surface area contributed by atoms with E-state index in [4.69, 9.17) is 4.98 Å². The molecule has 0 aliphatic carbocycles. The molecule has 2 aromatic carbocycles. The van der Waals surface area contributed by atoms with Crippen LogP contribution in [0.25, 0.3) is 11.0 Å². The van der Waals surface area contributed by atoms with E-state index in [9.17, 15) is 9.59 Å². The van der Waals surface area contributed by atoms with Crippen LogP contribution in [0, 0.1) is 0 Å². The number of rotatable bonds is 7. The minimum absolute atomic E-state index is 0.00625. The van der Waals surface area contributed by atoms with Crippen LogP contribution >= 0.6 is 0 Å². The summed E-state index contributed by atoms with van der Waals surface area (Å²) in [5.41, 5.74) is 2.84. The van der Waals surface area contributed by atoms with Crippen molar-refractivity contribution in [2.24, 2.45) is 0 Å². The zero-order valence-electron chi connectivity index (χ0n) is 17.2. The number of hydrogen-bond acceptors (Lipinski definition) is 3. The second-order valence-electron chi connectivity index (χ2n) is 7.81. The fourth-order valence-corrected chi connectivity index (χ4v) is 4.03. The van der Waals surface area contributed by atoms with Crippen LogP contribution in [0.1, 0.15) is 30.7 Å². The molecule has 1 N–H and O–H groups in total. The molecule has 0 saturated carbocycles. The van der Waals surface area contributed by atoms with Crippen LogP contribution in [0.3, 0.4) is 0 Å². The molecular formula is C24H28N4O2. The van der Waals surface area contributed by atoms with Crippen molar-refractivity contribution in [3.8, 4) is 0 Å². The van der Waals surface area contributed by atoms with Gasteiger partial charge in [0.1, 0.15) is 12.4 Å². The van der Waals surface area contributed by atoms with E-state index in [0.29, 0.717) is 25.9 Å². The van der Waals surface area contributed by atoms with Crippen molar-refractivity contribution in [2.75, 3.05) is 19.6 Å². The predicted molar refractivity (Wildman–Crippen MR) is 117 cm³/mol. The van der Waals surface area contributed by atoms with Gasteiger partial charge in [-0.15, -0.1) is 0 Å². The summed E-state index contributed by atoms with van der Waals surface area (Å²) in [6.45, 7) is 2.48. The lowest BCUT2D eigenvalue weighted by atomic mass is 10.1. The summed E-state index contributed by atoms with van der Waals surface area (Å²) in [7, 11) is 0. The van der Waals surface area contributed by atoms with Crippen molar-refractivity contribution in [3.63, 3.8) is 0 Å². The molecule has 0 radical (unpaired) electrons. The third-order valence-electron chi connectivity index (χ3n) is 5.61. The van der Waals surface area contributed by atoms with Gasteiger partial charge in [-0.25, -0.2) is 4.98 Å². The molecule has 1 aromatic heterocycles. The van der Waals surface area contributed by atoms with Crippen LogP contribution in [0.15, 0.2) is 54.6 Å². The number of likely N-dealkylation sites (tertiary alicyclic amines) is 1. The summed E-state index contributed by atoms with van der Waals surface area (Å²) in [6.07, 6.45) is 4.31. The highest BCUT2D eigenvalue weighted by molar-refractivity contribution is 5.81. The SMILES string of the molecule is O=C(Cc1ccccc1)NCCc1nc2ccccc2n1CC(=O)N1CCCCC1. The quantitative estimate of drug-likeness (QED) is 0.658. The number of aromatic nitrogens is 2. The van der Waals surface area contributed by atoms with Crippen molar-refractivity contribution in [1.29, 1.82) is 0 Å². The van der Waals surface area contributed by atoms with Crippen LogP contribution < -0.4 is 5.32 Å². The molecule has 1 aliphatic rings. The molecular weight excluding hydrogens is 376 g/mol. The number of amides is 2. The number of benzene rings is 2. The first-order valence-corrected chi connectivity index (χ1v) is 10.7. The van der Waals surface area contributed by atoms with Gasteiger partial charge in [0.15, 0.2) is 0 Å². The summed E-state index contributed by atoms with van der Waals surface area (Å²) in [5.74, 6) is 0.974. The number of piperidine rings is 1. The Kier molecular flexibility index (Phi) is 6.42. The van der Waals surface area contributed by atoms with Gasteiger partial charge in [-0.05, 0) is 37.0 Å². The van der Waals surface area contributed by atoms with Gasteiger partial charge in [0.05, 0.1) is 17.5 Å². The van der Waals surface area contributed by atoms with Crippen molar-refractivity contribution in [2.45, 2.75) is 38.6 Å². The first-order chi connectivity index (χ1) is 14.7. The number of carbonyl (C=O) groups excluding carboxylic acids is 2. The van der Waals surface area contributed by atoms with E-state index in [0.717, 1.165) is 48.4 Å². The monoisotopic (exact) mass is 404 g/mol. The third-order valence-corrected chi connectivity index (χ3v) is 5.61. The largest absolute Gasteiger partial charge is 0.355 e. The predicted octanol–water partition coefficient (Wildman–Crippen LogP) is 2.95. The van der Waals surface area contributed by atoms with Crippen LogP contribution in [0.2, 0.25) is 0 Å². The Morgan fingerprint density at radius 1 is 0.933 bits per heavy atom. The Bertz CT molecular complexity index is 1010. The summed E-state index contributed by atoms with van der Waals surface area (Å²) >= 11 is 0. The maximum Gasteiger partial charge on any atom is 0.242 e. The second-order valence-corrected chi connectivity index (χ2v) is 7.81. The van der Waals surface area contributed by atoms with Crippen LogP contribution in [0.5, 0.6) is 0 Å². The standard InChI is InChI=1S/C24H28N4O2/c29-23(17-19-9-3-1-4-10-19)25-14-13-22-26-20-11-5-6-12-21(20)28(22)18-24(30)27-15-7-2-8-16-27/h1,3-6,9-12H,2,7-8,13-18H2,(H,25,29). The van der Waals surface area contributed by atoms with Crippen LogP contribution in [0.4, 0.5) is 0 Å². The molecule has 6 nitrogen and oxygen atoms in total. The molecule has 4 rings (SSSR count). The summed E-state index contributed by atoms with van der Waals surface area (Å²) in [6, 6.07) is 17.6. The van der Waals surface area contributed by atoms with E-state index < -0.39 is 0 Å². The first kappa shape index (κ1) is 20.1. The molecule has 2 heterocycles. The van der Waals surface area contributed by atoms with Crippen molar-refractivity contribution in [3.05, 3.63) is 66.0 Å². The number of carbonyl (C=O) groups is 2. The van der Waals surface area contributed by atoms with E-state index in [2.05, 4.69) is 5.32 Å². The average Bonchev–Trinajstić information content (AvgIpc) is 3.12. The fraction of sp³-hybridized carbons (Fsp3) is 0.375. The zero-order chi connectivity index (χ0) is 20.8. The number of fused-ring (bicyclic) bond motifs is 1. The fourth-order valence-electron chi connectivity index (χ4n) is 4.03. The molecule has 1 fully saturated rings. The molecule has 0 spiro atoms. The van der Waals surface area contributed by atoms with Gasteiger partial charge in [-0.3, -0.25) is 9.59 Å². The van der Waals surface area contributed by atoms with E-state index in [1.165, 1.54) is 6.42 Å². The smallest absolute Gasteiger partial charge is 0.242 e. The van der Waals surface area contributed by atoms with Gasteiger partial charge in [-0.2, -0.15) is 0 Å². The number of nitrogens with one attached hydrogen (secondary N) is 1. The lowest BCUT2D eigenvalue weighted by molar-refractivity contribution is -0.132. The molecule has 2 amide bonds. The Balaban J connectivity index is 1.42. The zero-order valence-corrected chi connectivity index (χ0v) is 17.2. The summed E-state index contributed by atoms with van der Waals surface area (Å²) < 4.78 is 2.01. The van der Waals surface area contributed by atoms with Gasteiger partial charge in [0.2, 0.25) is 11.8 Å². The lowest BCUT2D eigenvalue weighted by Gasteiger charge is -2.27. The van der Waals surface area contributed by atoms with Crippen LogP contribution in [-0.4, -0.2) is 45.9 Å². The lowest BCUT2D eigenvalue weighted by Crippen LogP contribution is -2.38. The maximum atomic E-state index is 12.9. The molecule has 156 valence electrons. The molecule has 1 aliphatic heterocycles. The Morgan fingerprint density at radius 3 is 2.47 bits per heavy atom. The van der Waals surface area contributed by atoms with E-state index in [1.54, 1.807) is 0 Å². The normalized spacial score (nSPS) is 14.1. The van der Waals surface area contributed by atoms with E-state index in [-0.39, 0.29) is 11.8 Å². The van der Waals surface area contributed by atoms with Gasteiger partial charge < -0.3 is 14.8 Å². The van der Waals surface area contributed by atoms with E-state index in [1.807, 2.05) is 64.1 Å². The molecule has 3 aromatic rings. The summed E-state index contributed by atoms with van der Waals surface area (Å²) in [5, 5.41) is 2.98. The van der Waals surface area contributed by atoms with Gasteiger partial charge in [0.25, 0.3) is 0 Å². The van der Waals surface area contributed by atoms with E-state index >= 15 is 0 Å². The molecule has 6 heteroatoms. The Morgan fingerprint density at radius 2 is 1.67 bits per heavy atom. The average molecular weight is 405 g/mol. The minimum Gasteiger partial charge on any atom is -0.355 e. The molecule has 30 heavy (non-hydrogen) atoms. The van der Waals surface area contributed by atoms with Crippen LogP contribution in [-0.2, 0) is 29.0 Å².